The van der Waals surface area contributed by atoms with E-state index in [-0.39, 0.29) is 44.6 Å². The summed E-state index contributed by atoms with van der Waals surface area (Å²) in [4.78, 5) is 21.6. The molecule has 5 nitrogen and oxygen atoms in total. The molecule has 0 saturated heterocycles. The van der Waals surface area contributed by atoms with Gasteiger partial charge in [-0.25, -0.2) is 18.7 Å². The molecule has 1 amide bonds. The van der Waals surface area contributed by atoms with Crippen molar-refractivity contribution in [2.45, 2.75) is 69.9 Å². The van der Waals surface area contributed by atoms with Crippen molar-refractivity contribution in [3.63, 3.8) is 0 Å². The molecule has 2 saturated carbocycles. The first-order valence-electron chi connectivity index (χ1n) is 9.14. The van der Waals surface area contributed by atoms with Crippen LogP contribution in [0.15, 0.2) is 17.2 Å². The normalized spacial score (nSPS) is 19.2. The number of thioether (sulfide) groups is 1. The van der Waals surface area contributed by atoms with E-state index >= 15 is 0 Å². The van der Waals surface area contributed by atoms with Gasteiger partial charge in [0.25, 0.3) is 0 Å². The molecule has 2 aliphatic carbocycles. The van der Waals surface area contributed by atoms with Gasteiger partial charge < -0.3 is 0 Å². The number of nitrogens with zero attached hydrogens (tertiary/aromatic N) is 3. The van der Waals surface area contributed by atoms with Gasteiger partial charge in [0.2, 0.25) is 17.8 Å². The molecule has 0 aliphatic heterocycles. The van der Waals surface area contributed by atoms with Crippen LogP contribution < -0.4 is 5.32 Å². The summed E-state index contributed by atoms with van der Waals surface area (Å²) in [5.74, 6) is -1.65. The molecule has 0 aromatic carbocycles. The standard InChI is InChI=1S/C18H22F2N4OS.CH4/c1-2-26-15-7-6-13-16(23-15)24(12-4-3-5-12)17(21-13)22-14(25)8-11-9-18(19,20)10-11;/h6-7,11-12H,2-5,8-10H2,1H3,(H,21,22,25);1H4. The fraction of sp³-hybridized carbons (Fsp3) is 0.632. The van der Waals surface area contributed by atoms with E-state index in [1.54, 1.807) is 11.8 Å². The quantitative estimate of drug-likeness (QED) is 0.675. The Hall–Kier alpha value is -1.70. The summed E-state index contributed by atoms with van der Waals surface area (Å²) in [5.41, 5.74) is 1.54. The second-order valence-corrected chi connectivity index (χ2v) is 8.48. The van der Waals surface area contributed by atoms with Gasteiger partial charge in [-0.2, -0.15) is 0 Å². The van der Waals surface area contributed by atoms with Crippen LogP contribution in [0.5, 0.6) is 0 Å². The summed E-state index contributed by atoms with van der Waals surface area (Å²) in [6.07, 6.45) is 2.95. The maximum absolute atomic E-state index is 13.0. The van der Waals surface area contributed by atoms with Crippen LogP contribution in [0.3, 0.4) is 0 Å². The van der Waals surface area contributed by atoms with Crippen LogP contribution in [0, 0.1) is 5.92 Å². The number of alkyl halides is 2. The number of hydrogen-bond acceptors (Lipinski definition) is 4. The number of nitrogens with one attached hydrogen (secondary N) is 1. The fourth-order valence-electron chi connectivity index (χ4n) is 3.63. The summed E-state index contributed by atoms with van der Waals surface area (Å²) >= 11 is 1.67. The molecule has 2 aliphatic rings. The zero-order chi connectivity index (χ0) is 18.3. The highest BCUT2D eigenvalue weighted by atomic mass is 32.2. The van der Waals surface area contributed by atoms with Crippen molar-refractivity contribution in [3.8, 4) is 0 Å². The van der Waals surface area contributed by atoms with Crippen LogP contribution in [0.1, 0.15) is 58.9 Å². The van der Waals surface area contributed by atoms with Crippen LogP contribution in [0.25, 0.3) is 11.2 Å². The third-order valence-corrected chi connectivity index (χ3v) is 5.96. The lowest BCUT2D eigenvalue weighted by Crippen LogP contribution is -2.37. The number of aromatic nitrogens is 3. The summed E-state index contributed by atoms with van der Waals surface area (Å²) in [5, 5.41) is 3.79. The van der Waals surface area contributed by atoms with Crippen LogP contribution in [-0.4, -0.2) is 32.1 Å². The van der Waals surface area contributed by atoms with Crippen molar-refractivity contribution < 1.29 is 13.6 Å². The van der Waals surface area contributed by atoms with E-state index in [0.29, 0.717) is 5.95 Å². The molecule has 0 unspecified atom stereocenters. The molecule has 0 bridgehead atoms. The molecule has 1 N–H and O–H groups in total. The molecule has 2 aromatic rings. The Morgan fingerprint density at radius 1 is 1.33 bits per heavy atom. The number of imidazole rings is 1. The molecule has 27 heavy (non-hydrogen) atoms. The number of pyridine rings is 1. The zero-order valence-corrected chi connectivity index (χ0v) is 15.5. The van der Waals surface area contributed by atoms with E-state index in [9.17, 15) is 13.6 Å². The lowest BCUT2D eigenvalue weighted by Gasteiger charge is -2.34. The van der Waals surface area contributed by atoms with E-state index in [1.807, 2.05) is 16.7 Å². The molecule has 0 atom stereocenters. The number of fused-ring (bicyclic) bond motifs is 1. The number of amides is 1. The van der Waals surface area contributed by atoms with Crippen molar-refractivity contribution in [1.82, 2.24) is 14.5 Å². The van der Waals surface area contributed by atoms with Crippen molar-refractivity contribution in [2.75, 3.05) is 11.1 Å². The first-order valence-corrected chi connectivity index (χ1v) is 10.1. The van der Waals surface area contributed by atoms with Crippen LogP contribution in [0.4, 0.5) is 14.7 Å². The Balaban J connectivity index is 0.00000210. The molecule has 4 rings (SSSR count). The summed E-state index contributed by atoms with van der Waals surface area (Å²) in [6.45, 7) is 2.08. The lowest BCUT2D eigenvalue weighted by molar-refractivity contribution is -0.129. The molecular weight excluding hydrogens is 370 g/mol. The molecular formula is C19H26F2N4OS. The van der Waals surface area contributed by atoms with Gasteiger partial charge in [-0.1, -0.05) is 14.4 Å². The molecule has 0 spiro atoms. The van der Waals surface area contributed by atoms with Gasteiger partial charge in [0.05, 0.1) is 5.03 Å². The number of anilines is 1. The van der Waals surface area contributed by atoms with E-state index < -0.39 is 5.92 Å². The average Bonchev–Trinajstić information content (AvgIpc) is 2.82. The number of rotatable bonds is 6. The number of hydrogen-bond donors (Lipinski definition) is 1. The van der Waals surface area contributed by atoms with Gasteiger partial charge in [0.15, 0.2) is 5.65 Å². The Morgan fingerprint density at radius 2 is 2.07 bits per heavy atom. The molecule has 148 valence electrons. The highest BCUT2D eigenvalue weighted by Crippen LogP contribution is 2.44. The second-order valence-electron chi connectivity index (χ2n) is 7.20. The molecule has 0 radical (unpaired) electrons. The Kier molecular flexibility index (Phi) is 5.74. The summed E-state index contributed by atoms with van der Waals surface area (Å²) in [7, 11) is 0. The Bertz CT molecular complexity index is 826. The van der Waals surface area contributed by atoms with Gasteiger partial charge in [-0.15, -0.1) is 11.8 Å². The van der Waals surface area contributed by atoms with Gasteiger partial charge in [0, 0.05) is 25.3 Å². The largest absolute Gasteiger partial charge is 0.296 e. The fourth-order valence-corrected chi connectivity index (χ4v) is 4.24. The highest BCUT2D eigenvalue weighted by molar-refractivity contribution is 7.99. The smallest absolute Gasteiger partial charge is 0.248 e. The molecule has 2 aromatic heterocycles. The van der Waals surface area contributed by atoms with E-state index in [2.05, 4.69) is 17.2 Å². The van der Waals surface area contributed by atoms with Crippen LogP contribution in [-0.2, 0) is 4.79 Å². The maximum Gasteiger partial charge on any atom is 0.248 e. The van der Waals surface area contributed by atoms with Crippen molar-refractivity contribution in [3.05, 3.63) is 12.1 Å². The maximum atomic E-state index is 13.0. The van der Waals surface area contributed by atoms with Crippen molar-refractivity contribution in [2.24, 2.45) is 5.92 Å². The van der Waals surface area contributed by atoms with E-state index in [0.717, 1.165) is 41.2 Å². The number of carbonyl (C=O) groups excluding carboxylic acids is 1. The molecule has 8 heteroatoms. The van der Waals surface area contributed by atoms with Gasteiger partial charge in [-0.3, -0.25) is 14.7 Å². The zero-order valence-electron chi connectivity index (χ0n) is 14.7. The van der Waals surface area contributed by atoms with Crippen molar-refractivity contribution >= 4 is 34.8 Å². The average molecular weight is 397 g/mol. The van der Waals surface area contributed by atoms with Crippen LogP contribution in [0.2, 0.25) is 0 Å². The second kappa shape index (κ2) is 7.73. The van der Waals surface area contributed by atoms with Crippen molar-refractivity contribution in [1.29, 1.82) is 0 Å². The SMILES string of the molecule is C.CCSc1ccc2nc(NC(=O)CC3CC(F)(F)C3)n(C3CCC3)c2n1. The lowest BCUT2D eigenvalue weighted by atomic mass is 9.79. The summed E-state index contributed by atoms with van der Waals surface area (Å²) < 4.78 is 28.0. The highest BCUT2D eigenvalue weighted by Gasteiger charge is 2.45. The molecule has 2 heterocycles. The van der Waals surface area contributed by atoms with Crippen LogP contribution >= 0.6 is 11.8 Å². The predicted octanol–water partition coefficient (Wildman–Crippen LogP) is 5.28. The Labute approximate surface area is 162 Å². The number of carbonyl (C=O) groups is 1. The minimum absolute atomic E-state index is 0. The monoisotopic (exact) mass is 396 g/mol. The third-order valence-electron chi connectivity index (χ3n) is 5.14. The first-order chi connectivity index (χ1) is 12.4. The number of halogens is 2. The summed E-state index contributed by atoms with van der Waals surface area (Å²) in [6, 6.07) is 4.16. The minimum Gasteiger partial charge on any atom is -0.296 e. The molecule has 2 fully saturated rings. The topological polar surface area (TPSA) is 59.8 Å². The Morgan fingerprint density at radius 3 is 2.67 bits per heavy atom. The van der Waals surface area contributed by atoms with Gasteiger partial charge in [-0.05, 0) is 43.1 Å². The first kappa shape index (κ1) is 20.0. The third kappa shape index (κ3) is 4.10. The van der Waals surface area contributed by atoms with Gasteiger partial charge >= 0.3 is 0 Å². The predicted molar refractivity (Wildman–Crippen MR) is 104 cm³/mol. The minimum atomic E-state index is -2.60. The van der Waals surface area contributed by atoms with E-state index in [1.165, 1.54) is 0 Å². The van der Waals surface area contributed by atoms with Gasteiger partial charge in [0.1, 0.15) is 5.52 Å². The van der Waals surface area contributed by atoms with E-state index in [4.69, 9.17) is 4.98 Å².